The molecule has 0 bridgehead atoms. The van der Waals surface area contributed by atoms with Crippen LogP contribution in [0, 0.1) is 17.8 Å². The Morgan fingerprint density at radius 2 is 1.76 bits per heavy atom. The van der Waals surface area contributed by atoms with Gasteiger partial charge in [0.05, 0.1) is 5.56 Å². The molecule has 1 saturated carbocycles. The van der Waals surface area contributed by atoms with E-state index in [0.29, 0.717) is 5.56 Å². The molecule has 0 atom stereocenters. The lowest BCUT2D eigenvalue weighted by Crippen LogP contribution is -2.46. The number of carbonyl (C=O) groups excluding carboxylic acids is 1. The molecule has 0 aliphatic heterocycles. The highest BCUT2D eigenvalue weighted by atomic mass is 16.3. The molecule has 1 aromatic rings. The van der Waals surface area contributed by atoms with Gasteiger partial charge < -0.3 is 10.4 Å². The van der Waals surface area contributed by atoms with E-state index in [4.69, 9.17) is 0 Å². The van der Waals surface area contributed by atoms with Gasteiger partial charge in [0.15, 0.2) is 0 Å². The van der Waals surface area contributed by atoms with E-state index in [1.807, 2.05) is 13.0 Å². The van der Waals surface area contributed by atoms with Gasteiger partial charge in [-0.05, 0) is 54.7 Å². The second-order valence-electron chi connectivity index (χ2n) is 8.10. The van der Waals surface area contributed by atoms with Crippen LogP contribution in [0.15, 0.2) is 18.2 Å². The summed E-state index contributed by atoms with van der Waals surface area (Å²) in [4.78, 5) is 12.4. The number of phenols is 1. The van der Waals surface area contributed by atoms with Crippen LogP contribution in [0.3, 0.4) is 0 Å². The summed E-state index contributed by atoms with van der Waals surface area (Å²) in [6, 6.07) is 5.34. The molecule has 1 aromatic carbocycles. The van der Waals surface area contributed by atoms with E-state index in [2.05, 4.69) is 33.0 Å². The van der Waals surface area contributed by atoms with Gasteiger partial charge in [-0.15, -0.1) is 0 Å². The molecule has 2 rings (SSSR count). The van der Waals surface area contributed by atoms with Crippen LogP contribution in [0.2, 0.25) is 0 Å². The minimum absolute atomic E-state index is 0.0572. The van der Waals surface area contributed by atoms with Gasteiger partial charge in [-0.1, -0.05) is 33.8 Å². The molecular weight excluding hydrogens is 262 g/mol. The van der Waals surface area contributed by atoms with Gasteiger partial charge in [0, 0.05) is 6.04 Å². The first kappa shape index (κ1) is 15.9. The Kier molecular flexibility index (Phi) is 4.05. The Balaban J connectivity index is 2.12. The number of phenolic OH excluding ortho intramolecular Hbond substituents is 1. The zero-order valence-electron chi connectivity index (χ0n) is 13.8. The minimum atomic E-state index is -0.175. The molecule has 0 unspecified atom stereocenters. The molecule has 3 heteroatoms. The van der Waals surface area contributed by atoms with E-state index >= 15 is 0 Å². The molecule has 3 nitrogen and oxygen atoms in total. The summed E-state index contributed by atoms with van der Waals surface area (Å²) in [5.41, 5.74) is 1.77. The lowest BCUT2D eigenvalue weighted by atomic mass is 9.63. The van der Waals surface area contributed by atoms with Crippen molar-refractivity contribution >= 4 is 5.91 Å². The van der Waals surface area contributed by atoms with Gasteiger partial charge in [0.1, 0.15) is 5.75 Å². The average molecular weight is 289 g/mol. The van der Waals surface area contributed by atoms with Gasteiger partial charge in [-0.3, -0.25) is 4.79 Å². The van der Waals surface area contributed by atoms with E-state index in [9.17, 15) is 9.90 Å². The minimum Gasteiger partial charge on any atom is -0.507 e. The number of hydrogen-bond donors (Lipinski definition) is 2. The number of benzene rings is 1. The SMILES string of the molecule is Cc1ccc(C(=O)NC2CC(C)(C)CC(C)(C)C2)c(O)c1. The Bertz CT molecular complexity index is 530. The molecule has 116 valence electrons. The molecule has 21 heavy (non-hydrogen) atoms. The number of carbonyl (C=O) groups is 1. The number of aromatic hydroxyl groups is 1. The maximum atomic E-state index is 12.4. The van der Waals surface area contributed by atoms with Gasteiger partial charge in [0.2, 0.25) is 0 Å². The first-order valence-electron chi connectivity index (χ1n) is 7.69. The van der Waals surface area contributed by atoms with Crippen molar-refractivity contribution < 1.29 is 9.90 Å². The maximum Gasteiger partial charge on any atom is 0.255 e. The molecule has 1 aliphatic rings. The summed E-state index contributed by atoms with van der Waals surface area (Å²) < 4.78 is 0. The third-order valence-corrected chi connectivity index (χ3v) is 4.29. The van der Waals surface area contributed by atoms with E-state index in [-0.39, 0.29) is 28.5 Å². The van der Waals surface area contributed by atoms with Crippen molar-refractivity contribution in [2.75, 3.05) is 0 Å². The highest BCUT2D eigenvalue weighted by Crippen LogP contribution is 2.45. The normalized spacial score (nSPS) is 21.0. The molecule has 1 amide bonds. The molecular formula is C18H27NO2. The lowest BCUT2D eigenvalue weighted by molar-refractivity contribution is 0.0712. The maximum absolute atomic E-state index is 12.4. The third kappa shape index (κ3) is 3.99. The summed E-state index contributed by atoms with van der Waals surface area (Å²) >= 11 is 0. The van der Waals surface area contributed by atoms with Gasteiger partial charge in [-0.25, -0.2) is 0 Å². The summed E-state index contributed by atoms with van der Waals surface area (Å²) in [5.74, 6) is -0.118. The Morgan fingerprint density at radius 3 is 2.29 bits per heavy atom. The summed E-state index contributed by atoms with van der Waals surface area (Å²) in [6.07, 6.45) is 3.13. The number of aryl methyl sites for hydroxylation is 1. The zero-order chi connectivity index (χ0) is 15.8. The largest absolute Gasteiger partial charge is 0.507 e. The molecule has 0 spiro atoms. The fourth-order valence-electron chi connectivity index (χ4n) is 4.04. The van der Waals surface area contributed by atoms with Crippen molar-refractivity contribution in [2.24, 2.45) is 10.8 Å². The Morgan fingerprint density at radius 1 is 1.19 bits per heavy atom. The van der Waals surface area contributed by atoms with Gasteiger partial charge >= 0.3 is 0 Å². The Hall–Kier alpha value is -1.51. The van der Waals surface area contributed by atoms with Gasteiger partial charge in [-0.2, -0.15) is 0 Å². The average Bonchev–Trinajstić information content (AvgIpc) is 2.23. The highest BCUT2D eigenvalue weighted by Gasteiger charge is 2.39. The van der Waals surface area contributed by atoms with Crippen molar-refractivity contribution in [2.45, 2.75) is 59.9 Å². The molecule has 0 saturated heterocycles. The first-order chi connectivity index (χ1) is 9.58. The van der Waals surface area contributed by atoms with Crippen molar-refractivity contribution in [1.82, 2.24) is 5.32 Å². The van der Waals surface area contributed by atoms with Crippen LogP contribution < -0.4 is 5.32 Å². The molecule has 1 aliphatic carbocycles. The predicted molar refractivity (Wildman–Crippen MR) is 85.5 cm³/mol. The smallest absolute Gasteiger partial charge is 0.255 e. The van der Waals surface area contributed by atoms with Crippen molar-refractivity contribution in [3.05, 3.63) is 29.3 Å². The fraction of sp³-hybridized carbons (Fsp3) is 0.611. The summed E-state index contributed by atoms with van der Waals surface area (Å²) in [7, 11) is 0. The molecule has 1 fully saturated rings. The van der Waals surface area contributed by atoms with E-state index in [0.717, 1.165) is 18.4 Å². The molecule has 2 N–H and O–H groups in total. The van der Waals surface area contributed by atoms with Crippen LogP contribution in [-0.4, -0.2) is 17.1 Å². The number of amides is 1. The first-order valence-corrected chi connectivity index (χ1v) is 7.69. The van der Waals surface area contributed by atoms with Crippen molar-refractivity contribution in [3.63, 3.8) is 0 Å². The highest BCUT2D eigenvalue weighted by molar-refractivity contribution is 5.97. The van der Waals surface area contributed by atoms with Crippen LogP contribution in [0.5, 0.6) is 5.75 Å². The van der Waals surface area contributed by atoms with Gasteiger partial charge in [0.25, 0.3) is 5.91 Å². The monoisotopic (exact) mass is 289 g/mol. The Labute approximate surface area is 127 Å². The predicted octanol–water partition coefficient (Wildman–Crippen LogP) is 4.04. The second kappa shape index (κ2) is 5.36. The van der Waals surface area contributed by atoms with E-state index in [1.165, 1.54) is 6.42 Å². The van der Waals surface area contributed by atoms with E-state index in [1.54, 1.807) is 12.1 Å². The zero-order valence-corrected chi connectivity index (χ0v) is 13.8. The van der Waals surface area contributed by atoms with Crippen molar-refractivity contribution in [3.8, 4) is 5.75 Å². The van der Waals surface area contributed by atoms with Crippen LogP contribution in [0.1, 0.15) is 62.9 Å². The summed E-state index contributed by atoms with van der Waals surface area (Å²) in [6.45, 7) is 10.9. The standard InChI is InChI=1S/C18H27NO2/c1-12-6-7-14(15(20)8-12)16(21)19-13-9-17(2,3)11-18(4,5)10-13/h6-8,13,20H,9-11H2,1-5H3,(H,19,21). The quantitative estimate of drug-likeness (QED) is 0.863. The van der Waals surface area contributed by atoms with Crippen LogP contribution >= 0.6 is 0 Å². The summed E-state index contributed by atoms with van der Waals surface area (Å²) in [5, 5.41) is 13.0. The lowest BCUT2D eigenvalue weighted by Gasteiger charge is -2.45. The number of rotatable bonds is 2. The van der Waals surface area contributed by atoms with Crippen LogP contribution in [0.25, 0.3) is 0 Å². The third-order valence-electron chi connectivity index (χ3n) is 4.29. The van der Waals surface area contributed by atoms with Crippen LogP contribution in [-0.2, 0) is 0 Å². The number of nitrogens with one attached hydrogen (secondary N) is 1. The van der Waals surface area contributed by atoms with E-state index < -0.39 is 0 Å². The topological polar surface area (TPSA) is 49.3 Å². The fourth-order valence-corrected chi connectivity index (χ4v) is 4.04. The molecule has 0 aromatic heterocycles. The second-order valence-corrected chi connectivity index (χ2v) is 8.10. The molecule has 0 radical (unpaired) electrons. The number of hydrogen-bond acceptors (Lipinski definition) is 2. The van der Waals surface area contributed by atoms with Crippen molar-refractivity contribution in [1.29, 1.82) is 0 Å². The van der Waals surface area contributed by atoms with Crippen LogP contribution in [0.4, 0.5) is 0 Å². The molecule has 0 heterocycles.